The molecule has 120 valence electrons. The Balaban J connectivity index is 3.15. The zero-order valence-corrected chi connectivity index (χ0v) is 14.3. The van der Waals surface area contributed by atoms with Crippen LogP contribution in [0.25, 0.3) is 0 Å². The van der Waals surface area contributed by atoms with E-state index in [1.54, 1.807) is 6.92 Å². The van der Waals surface area contributed by atoms with Crippen molar-refractivity contribution in [2.45, 2.75) is 45.2 Å². The molecule has 0 saturated heterocycles. The van der Waals surface area contributed by atoms with Crippen molar-refractivity contribution >= 4 is 21.6 Å². The van der Waals surface area contributed by atoms with Crippen molar-refractivity contribution in [1.29, 1.82) is 0 Å². The van der Waals surface area contributed by atoms with Gasteiger partial charge in [0.2, 0.25) is 10.0 Å². The van der Waals surface area contributed by atoms with Gasteiger partial charge in [0.1, 0.15) is 5.82 Å². The first kappa shape index (κ1) is 18.4. The number of nitrogens with one attached hydrogen (secondary N) is 2. The molecule has 0 aliphatic carbocycles. The maximum atomic E-state index is 13.8. The van der Waals surface area contributed by atoms with Crippen molar-refractivity contribution in [1.82, 2.24) is 10.0 Å². The lowest BCUT2D eigenvalue weighted by Crippen LogP contribution is -2.36. The normalized spacial score (nSPS) is 13.7. The van der Waals surface area contributed by atoms with E-state index < -0.39 is 15.8 Å². The Kier molecular flexibility index (Phi) is 6.59. The van der Waals surface area contributed by atoms with Crippen LogP contribution in [-0.4, -0.2) is 21.0 Å². The summed E-state index contributed by atoms with van der Waals surface area (Å²) >= 11 is 5.88. The van der Waals surface area contributed by atoms with E-state index in [0.29, 0.717) is 18.7 Å². The van der Waals surface area contributed by atoms with Crippen LogP contribution in [0.15, 0.2) is 17.0 Å². The van der Waals surface area contributed by atoms with Gasteiger partial charge in [0, 0.05) is 12.6 Å². The molecule has 1 rings (SSSR count). The van der Waals surface area contributed by atoms with Gasteiger partial charge in [-0.3, -0.25) is 0 Å². The maximum Gasteiger partial charge on any atom is 0.240 e. The lowest BCUT2D eigenvalue weighted by molar-refractivity contribution is 0.476. The molecule has 1 aromatic carbocycles. The molecule has 0 fully saturated rings. The third-order valence-corrected chi connectivity index (χ3v) is 5.26. The number of halogens is 2. The second-order valence-corrected chi connectivity index (χ2v) is 7.40. The standard InChI is InChI=1S/C14H22ClFN2O2S/c1-5-17-8-11-6-12(7-13(16)14(11)15)21(19,20)18-10(4)9(2)3/h6-7,9-10,17-18H,5,8H2,1-4H3. The van der Waals surface area contributed by atoms with Gasteiger partial charge in [0.05, 0.1) is 9.92 Å². The highest BCUT2D eigenvalue weighted by atomic mass is 35.5. The van der Waals surface area contributed by atoms with Gasteiger partial charge in [-0.05, 0) is 37.1 Å². The van der Waals surface area contributed by atoms with Crippen LogP contribution in [0.2, 0.25) is 5.02 Å². The fraction of sp³-hybridized carbons (Fsp3) is 0.571. The molecule has 1 atom stereocenters. The third kappa shape index (κ3) is 4.92. The number of hydrogen-bond donors (Lipinski definition) is 2. The van der Waals surface area contributed by atoms with Gasteiger partial charge >= 0.3 is 0 Å². The lowest BCUT2D eigenvalue weighted by atomic mass is 10.1. The van der Waals surface area contributed by atoms with Crippen molar-refractivity contribution in [3.63, 3.8) is 0 Å². The third-order valence-electron chi connectivity index (χ3n) is 3.29. The summed E-state index contributed by atoms with van der Waals surface area (Å²) in [6.45, 7) is 8.48. The highest BCUT2D eigenvalue weighted by Crippen LogP contribution is 2.24. The molecule has 0 bridgehead atoms. The average Bonchev–Trinajstić information content (AvgIpc) is 2.39. The Morgan fingerprint density at radius 3 is 2.43 bits per heavy atom. The van der Waals surface area contributed by atoms with E-state index in [9.17, 15) is 12.8 Å². The molecule has 4 nitrogen and oxygen atoms in total. The summed E-state index contributed by atoms with van der Waals surface area (Å²) in [5, 5.41) is 2.95. The van der Waals surface area contributed by atoms with Crippen LogP contribution in [0.3, 0.4) is 0 Å². The zero-order chi connectivity index (χ0) is 16.2. The van der Waals surface area contributed by atoms with Gasteiger partial charge in [0.25, 0.3) is 0 Å². The number of sulfonamides is 1. The monoisotopic (exact) mass is 336 g/mol. The van der Waals surface area contributed by atoms with Crippen LogP contribution < -0.4 is 10.0 Å². The Morgan fingerprint density at radius 2 is 1.90 bits per heavy atom. The van der Waals surface area contributed by atoms with E-state index in [0.717, 1.165) is 6.07 Å². The van der Waals surface area contributed by atoms with Gasteiger partial charge in [-0.2, -0.15) is 0 Å². The summed E-state index contributed by atoms with van der Waals surface area (Å²) in [5.41, 5.74) is 0.427. The summed E-state index contributed by atoms with van der Waals surface area (Å²) in [5.74, 6) is -0.595. The molecule has 0 aromatic heterocycles. The van der Waals surface area contributed by atoms with E-state index >= 15 is 0 Å². The van der Waals surface area contributed by atoms with Crippen LogP contribution in [0.4, 0.5) is 4.39 Å². The van der Waals surface area contributed by atoms with Crippen LogP contribution >= 0.6 is 11.6 Å². The average molecular weight is 337 g/mol. The fourth-order valence-electron chi connectivity index (χ4n) is 1.61. The first-order chi connectivity index (χ1) is 9.69. The van der Waals surface area contributed by atoms with Gasteiger partial charge in [-0.25, -0.2) is 17.5 Å². The Labute approximate surface area is 131 Å². The van der Waals surface area contributed by atoms with Crippen molar-refractivity contribution in [2.75, 3.05) is 6.54 Å². The van der Waals surface area contributed by atoms with Gasteiger partial charge in [-0.15, -0.1) is 0 Å². The molecule has 7 heteroatoms. The van der Waals surface area contributed by atoms with Gasteiger partial charge in [0.15, 0.2) is 0 Å². The van der Waals surface area contributed by atoms with E-state index in [4.69, 9.17) is 11.6 Å². The first-order valence-corrected chi connectivity index (χ1v) is 8.76. The molecule has 0 amide bonds. The second-order valence-electron chi connectivity index (χ2n) is 5.31. The Hall–Kier alpha value is -0.690. The van der Waals surface area contributed by atoms with Crippen molar-refractivity contribution in [3.05, 3.63) is 28.5 Å². The van der Waals surface area contributed by atoms with Crippen LogP contribution in [0.5, 0.6) is 0 Å². The minimum atomic E-state index is -3.77. The molecule has 1 unspecified atom stereocenters. The molecule has 0 aliphatic heterocycles. The molecule has 2 N–H and O–H groups in total. The van der Waals surface area contributed by atoms with Crippen molar-refractivity contribution in [2.24, 2.45) is 5.92 Å². The minimum absolute atomic E-state index is 0.0493. The largest absolute Gasteiger partial charge is 0.313 e. The van der Waals surface area contributed by atoms with Gasteiger partial charge < -0.3 is 5.32 Å². The highest BCUT2D eigenvalue weighted by molar-refractivity contribution is 7.89. The number of rotatable bonds is 7. The SMILES string of the molecule is CCNCc1cc(S(=O)(=O)NC(C)C(C)C)cc(F)c1Cl. The summed E-state index contributed by atoms with van der Waals surface area (Å²) in [4.78, 5) is -0.107. The highest BCUT2D eigenvalue weighted by Gasteiger charge is 2.22. The van der Waals surface area contributed by atoms with E-state index in [1.165, 1.54) is 6.07 Å². The van der Waals surface area contributed by atoms with E-state index in [-0.39, 0.29) is 21.9 Å². The summed E-state index contributed by atoms with van der Waals surface area (Å²) in [6, 6.07) is 2.11. The molecular formula is C14H22ClFN2O2S. The second kappa shape index (κ2) is 7.54. The molecule has 0 aliphatic rings. The van der Waals surface area contributed by atoms with E-state index in [1.807, 2.05) is 20.8 Å². The quantitative estimate of drug-likeness (QED) is 0.805. The minimum Gasteiger partial charge on any atom is -0.313 e. The zero-order valence-electron chi connectivity index (χ0n) is 12.7. The smallest absolute Gasteiger partial charge is 0.240 e. The molecule has 0 spiro atoms. The van der Waals surface area contributed by atoms with Gasteiger partial charge in [-0.1, -0.05) is 32.4 Å². The first-order valence-electron chi connectivity index (χ1n) is 6.90. The fourth-order valence-corrected chi connectivity index (χ4v) is 3.24. The van der Waals surface area contributed by atoms with Crippen LogP contribution in [0, 0.1) is 11.7 Å². The van der Waals surface area contributed by atoms with Crippen molar-refractivity contribution < 1.29 is 12.8 Å². The maximum absolute atomic E-state index is 13.8. The topological polar surface area (TPSA) is 58.2 Å². The molecule has 21 heavy (non-hydrogen) atoms. The predicted octanol–water partition coefficient (Wildman–Crippen LogP) is 2.91. The summed E-state index contributed by atoms with van der Waals surface area (Å²) in [7, 11) is -3.77. The Bertz CT molecular complexity index is 591. The Morgan fingerprint density at radius 1 is 1.29 bits per heavy atom. The van der Waals surface area contributed by atoms with Crippen LogP contribution in [-0.2, 0) is 16.6 Å². The molecule has 0 saturated carbocycles. The molecule has 0 radical (unpaired) electrons. The molecule has 0 heterocycles. The predicted molar refractivity (Wildman–Crippen MR) is 83.4 cm³/mol. The van der Waals surface area contributed by atoms with E-state index in [2.05, 4.69) is 10.0 Å². The summed E-state index contributed by atoms with van der Waals surface area (Å²) < 4.78 is 41.0. The lowest BCUT2D eigenvalue weighted by Gasteiger charge is -2.18. The summed E-state index contributed by atoms with van der Waals surface area (Å²) in [6.07, 6.45) is 0. The van der Waals surface area contributed by atoms with Crippen molar-refractivity contribution in [3.8, 4) is 0 Å². The molecular weight excluding hydrogens is 315 g/mol. The molecule has 1 aromatic rings. The number of hydrogen-bond acceptors (Lipinski definition) is 3. The van der Waals surface area contributed by atoms with Crippen LogP contribution in [0.1, 0.15) is 33.3 Å². The number of benzene rings is 1.